The molecule has 4 aromatic rings. The van der Waals surface area contributed by atoms with Gasteiger partial charge in [0.15, 0.2) is 0 Å². The molecule has 8 nitrogen and oxygen atoms in total. The minimum Gasteiger partial charge on any atom is -0.507 e. The second kappa shape index (κ2) is 10.6. The lowest BCUT2D eigenvalue weighted by Gasteiger charge is -2.22. The Kier molecular flexibility index (Phi) is 7.33. The summed E-state index contributed by atoms with van der Waals surface area (Å²) in [4.78, 5) is 29.5. The summed E-state index contributed by atoms with van der Waals surface area (Å²) in [5.41, 5.74) is 3.08. The first-order valence-electron chi connectivity index (χ1n) is 11.6. The summed E-state index contributed by atoms with van der Waals surface area (Å²) in [6.07, 6.45) is 2.42. The van der Waals surface area contributed by atoms with Gasteiger partial charge < -0.3 is 28.9 Å². The second-order valence-electron chi connectivity index (χ2n) is 8.59. The monoisotopic (exact) mass is 490 g/mol. The Labute approximate surface area is 209 Å². The summed E-state index contributed by atoms with van der Waals surface area (Å²) in [6.45, 7) is 2.19. The summed E-state index contributed by atoms with van der Waals surface area (Å²) < 4.78 is 17.4. The zero-order valence-electron chi connectivity index (χ0n) is 20.8. The Balaban J connectivity index is 1.79. The van der Waals surface area contributed by atoms with Gasteiger partial charge in [-0.15, -0.1) is 0 Å². The lowest BCUT2D eigenvalue weighted by molar-refractivity contribution is -0.140. The molecule has 0 bridgehead atoms. The molecule has 0 aliphatic rings. The zero-order chi connectivity index (χ0) is 25.8. The number of fused-ring (bicyclic) bond motifs is 1. The van der Waals surface area contributed by atoms with Crippen LogP contribution in [0.1, 0.15) is 34.7 Å². The van der Waals surface area contributed by atoms with Crippen molar-refractivity contribution in [2.45, 2.75) is 32.2 Å². The van der Waals surface area contributed by atoms with Gasteiger partial charge in [-0.1, -0.05) is 24.3 Å². The molecule has 0 radical (unpaired) electrons. The fraction of sp³-hybridized carbons (Fsp3) is 0.286. The smallest absolute Gasteiger partial charge is 0.306 e. The van der Waals surface area contributed by atoms with Crippen LogP contribution in [0.25, 0.3) is 10.9 Å². The summed E-state index contributed by atoms with van der Waals surface area (Å²) >= 11 is 0. The van der Waals surface area contributed by atoms with E-state index >= 15 is 0 Å². The number of H-pyrrole nitrogens is 1. The number of pyridine rings is 1. The molecule has 0 unspecified atom stereocenters. The number of aromatic amines is 1. The van der Waals surface area contributed by atoms with Crippen molar-refractivity contribution in [1.82, 2.24) is 9.55 Å². The van der Waals surface area contributed by atoms with E-state index in [2.05, 4.69) is 4.98 Å². The van der Waals surface area contributed by atoms with Crippen LogP contribution in [0, 0.1) is 6.92 Å². The number of rotatable bonds is 9. The number of nitrogens with one attached hydrogen (secondary N) is 1. The van der Waals surface area contributed by atoms with Gasteiger partial charge in [0.25, 0.3) is 5.56 Å². The molecule has 0 spiro atoms. The highest BCUT2D eigenvalue weighted by Crippen LogP contribution is 2.39. The molecule has 2 aromatic heterocycles. The predicted molar refractivity (Wildman–Crippen MR) is 137 cm³/mol. The molecule has 8 heteroatoms. The quantitative estimate of drug-likeness (QED) is 0.339. The van der Waals surface area contributed by atoms with Crippen LogP contribution in [0.15, 0.2) is 59.5 Å². The first kappa shape index (κ1) is 24.9. The van der Waals surface area contributed by atoms with Gasteiger partial charge in [0.1, 0.15) is 17.2 Å². The molecule has 4 rings (SSSR count). The molecule has 188 valence electrons. The van der Waals surface area contributed by atoms with Gasteiger partial charge in [-0.25, -0.2) is 0 Å². The molecular weight excluding hydrogens is 460 g/mol. The Morgan fingerprint density at radius 1 is 1.08 bits per heavy atom. The first-order valence-corrected chi connectivity index (χ1v) is 11.6. The van der Waals surface area contributed by atoms with Crippen LogP contribution in [0.3, 0.4) is 0 Å². The Bertz CT molecular complexity index is 1450. The van der Waals surface area contributed by atoms with Gasteiger partial charge in [0, 0.05) is 46.9 Å². The maximum absolute atomic E-state index is 13.8. The van der Waals surface area contributed by atoms with Gasteiger partial charge in [-0.05, 0) is 37.1 Å². The van der Waals surface area contributed by atoms with Crippen molar-refractivity contribution in [2.75, 3.05) is 21.3 Å². The van der Waals surface area contributed by atoms with Crippen molar-refractivity contribution in [3.63, 3.8) is 0 Å². The number of aromatic hydroxyl groups is 1. The molecule has 0 saturated heterocycles. The predicted octanol–water partition coefficient (Wildman–Crippen LogP) is 4.30. The van der Waals surface area contributed by atoms with Gasteiger partial charge in [-0.2, -0.15) is 0 Å². The van der Waals surface area contributed by atoms with E-state index in [1.54, 1.807) is 42.9 Å². The van der Waals surface area contributed by atoms with Crippen LogP contribution < -0.4 is 15.0 Å². The van der Waals surface area contributed by atoms with E-state index in [1.165, 1.54) is 14.2 Å². The van der Waals surface area contributed by atoms with E-state index in [9.17, 15) is 14.7 Å². The van der Waals surface area contributed by atoms with E-state index in [-0.39, 0.29) is 23.3 Å². The Morgan fingerprint density at radius 2 is 1.86 bits per heavy atom. The van der Waals surface area contributed by atoms with E-state index < -0.39 is 11.9 Å². The Hall–Kier alpha value is -4.20. The van der Waals surface area contributed by atoms with Crippen LogP contribution in [0.4, 0.5) is 0 Å². The van der Waals surface area contributed by atoms with E-state index in [1.807, 2.05) is 30.5 Å². The molecular formula is C28H30N2O6. The number of hydrogen-bond donors (Lipinski definition) is 2. The molecule has 0 fully saturated rings. The van der Waals surface area contributed by atoms with Crippen LogP contribution in [-0.2, 0) is 22.5 Å². The van der Waals surface area contributed by atoms with Gasteiger partial charge in [0.05, 0.1) is 33.3 Å². The van der Waals surface area contributed by atoms with Gasteiger partial charge >= 0.3 is 5.97 Å². The number of methoxy groups -OCH3 is 3. The normalized spacial score (nSPS) is 11.9. The molecule has 2 heterocycles. The molecule has 2 N–H and O–H groups in total. The number of ether oxygens (including phenoxy) is 3. The number of nitrogens with zero attached hydrogens (tertiary/aromatic N) is 1. The highest BCUT2D eigenvalue weighted by Gasteiger charge is 2.29. The number of carbonyl (C=O) groups is 1. The average Bonchev–Trinajstić information content (AvgIpc) is 3.30. The van der Waals surface area contributed by atoms with Crippen LogP contribution in [0.5, 0.6) is 17.2 Å². The molecule has 0 aliphatic carbocycles. The third-order valence-corrected chi connectivity index (χ3v) is 6.57. The zero-order valence-corrected chi connectivity index (χ0v) is 20.8. The van der Waals surface area contributed by atoms with Crippen LogP contribution >= 0.6 is 0 Å². The third kappa shape index (κ3) is 4.79. The van der Waals surface area contributed by atoms with Crippen LogP contribution in [0.2, 0.25) is 0 Å². The van der Waals surface area contributed by atoms with Gasteiger partial charge in [0.2, 0.25) is 0 Å². The third-order valence-electron chi connectivity index (χ3n) is 6.57. The average molecular weight is 491 g/mol. The van der Waals surface area contributed by atoms with E-state index in [0.717, 1.165) is 16.5 Å². The molecule has 2 aromatic carbocycles. The van der Waals surface area contributed by atoms with Gasteiger partial charge in [-0.3, -0.25) is 9.59 Å². The number of para-hydroxylation sites is 1. The number of aromatic nitrogens is 2. The lowest BCUT2D eigenvalue weighted by Crippen LogP contribution is -2.29. The first-order chi connectivity index (χ1) is 17.4. The molecule has 0 amide bonds. The standard InChI is InChI=1S/C28H30N2O6/c1-17-13-24(31)27(22(15-26(32)36-4)21-10-9-19(34-2)14-25(21)35-3)28(33)30(17)12-11-18-16-29-23-8-6-5-7-20(18)23/h5-10,13-14,16,22,29,31H,11-12,15H2,1-4H3/t22-/m1/s1. The van der Waals surface area contributed by atoms with Crippen molar-refractivity contribution in [3.05, 3.63) is 87.5 Å². The molecule has 0 saturated carbocycles. The second-order valence-corrected chi connectivity index (χ2v) is 8.59. The van der Waals surface area contributed by atoms with E-state index in [0.29, 0.717) is 35.7 Å². The summed E-state index contributed by atoms with van der Waals surface area (Å²) in [5, 5.41) is 12.0. The SMILES string of the molecule is COC(=O)C[C@H](c1ccc(OC)cc1OC)c1c(O)cc(C)n(CCc2c[nH]c3ccccc23)c1=O. The van der Waals surface area contributed by atoms with Crippen molar-refractivity contribution in [1.29, 1.82) is 0 Å². The summed E-state index contributed by atoms with van der Waals surface area (Å²) in [7, 11) is 4.33. The number of esters is 1. The summed E-state index contributed by atoms with van der Waals surface area (Å²) in [6, 6.07) is 14.7. The van der Waals surface area contributed by atoms with Crippen molar-refractivity contribution in [2.24, 2.45) is 0 Å². The molecule has 0 aliphatic heterocycles. The number of benzene rings is 2. The molecule has 36 heavy (non-hydrogen) atoms. The van der Waals surface area contributed by atoms with Crippen molar-refractivity contribution < 1.29 is 24.1 Å². The number of aryl methyl sites for hydroxylation is 2. The largest absolute Gasteiger partial charge is 0.507 e. The lowest BCUT2D eigenvalue weighted by atomic mass is 9.87. The maximum Gasteiger partial charge on any atom is 0.306 e. The van der Waals surface area contributed by atoms with Crippen molar-refractivity contribution in [3.8, 4) is 17.2 Å². The Morgan fingerprint density at radius 3 is 2.58 bits per heavy atom. The number of hydrogen-bond acceptors (Lipinski definition) is 6. The fourth-order valence-corrected chi connectivity index (χ4v) is 4.67. The van der Waals surface area contributed by atoms with E-state index in [4.69, 9.17) is 14.2 Å². The fourth-order valence-electron chi connectivity index (χ4n) is 4.67. The van der Waals surface area contributed by atoms with Crippen molar-refractivity contribution >= 4 is 16.9 Å². The highest BCUT2D eigenvalue weighted by atomic mass is 16.5. The minimum absolute atomic E-state index is 0.119. The topological polar surface area (TPSA) is 103 Å². The van der Waals surface area contributed by atoms with Crippen LogP contribution in [-0.4, -0.2) is 42.0 Å². The highest BCUT2D eigenvalue weighted by molar-refractivity contribution is 5.83. The molecule has 1 atom stereocenters. The summed E-state index contributed by atoms with van der Waals surface area (Å²) in [5.74, 6) is -0.467. The number of carbonyl (C=O) groups excluding carboxylic acids is 1. The minimum atomic E-state index is -0.786. The maximum atomic E-state index is 13.8.